The van der Waals surface area contributed by atoms with Crippen LogP contribution in [0.1, 0.15) is 31.7 Å². The van der Waals surface area contributed by atoms with Crippen LogP contribution in [0.2, 0.25) is 0 Å². The van der Waals surface area contributed by atoms with Gasteiger partial charge in [-0.1, -0.05) is 19.1 Å². The molecule has 0 aliphatic carbocycles. The number of benzene rings is 2. The molecule has 1 saturated heterocycles. The van der Waals surface area contributed by atoms with Crippen molar-refractivity contribution in [2.45, 2.75) is 32.7 Å². The Morgan fingerprint density at radius 1 is 1.06 bits per heavy atom. The molecule has 1 amide bonds. The molecule has 1 heterocycles. The lowest BCUT2D eigenvalue weighted by molar-refractivity contribution is -0.119. The third kappa shape index (κ3) is 6.62. The van der Waals surface area contributed by atoms with Gasteiger partial charge in [0.05, 0.1) is 18.6 Å². The number of carbonyl (C=O) groups excluding carboxylic acids is 1. The Balaban J connectivity index is 1.58. The lowest BCUT2D eigenvalue weighted by atomic mass is 10.2. The molecule has 0 saturated carbocycles. The van der Waals surface area contributed by atoms with Gasteiger partial charge in [-0.3, -0.25) is 9.10 Å². The molecule has 2 aromatic rings. The predicted molar refractivity (Wildman–Crippen MR) is 124 cm³/mol. The maximum Gasteiger partial charge on any atom is 0.241 e. The van der Waals surface area contributed by atoms with E-state index in [2.05, 4.69) is 22.3 Å². The maximum atomic E-state index is 12.5. The van der Waals surface area contributed by atoms with Gasteiger partial charge in [0.15, 0.2) is 0 Å². The summed E-state index contributed by atoms with van der Waals surface area (Å²) in [6.45, 7) is 4.85. The number of anilines is 2. The largest absolute Gasteiger partial charge is 0.494 e. The van der Waals surface area contributed by atoms with E-state index in [4.69, 9.17) is 4.74 Å². The van der Waals surface area contributed by atoms with E-state index < -0.39 is 10.0 Å². The molecule has 0 bridgehead atoms. The summed E-state index contributed by atoms with van der Waals surface area (Å²) >= 11 is 0. The number of sulfonamides is 1. The summed E-state index contributed by atoms with van der Waals surface area (Å²) in [5, 5.41) is 2.82. The summed E-state index contributed by atoms with van der Waals surface area (Å²) in [5.41, 5.74) is 2.60. The fourth-order valence-electron chi connectivity index (χ4n) is 3.52. The second-order valence-electron chi connectivity index (χ2n) is 7.75. The molecule has 0 aromatic heterocycles. The SMILES string of the molecule is CCCOc1ccc(N(CC(=O)NCc2ccc(N3CCCC3)cc2)S(C)(=O)=O)cc1. The van der Waals surface area contributed by atoms with Crippen LogP contribution in [0.15, 0.2) is 48.5 Å². The topological polar surface area (TPSA) is 79.0 Å². The minimum atomic E-state index is -3.61. The molecule has 2 aromatic carbocycles. The van der Waals surface area contributed by atoms with Gasteiger partial charge in [-0.15, -0.1) is 0 Å². The fourth-order valence-corrected chi connectivity index (χ4v) is 4.37. The van der Waals surface area contributed by atoms with Crippen LogP contribution in [0.5, 0.6) is 5.75 Å². The summed E-state index contributed by atoms with van der Waals surface area (Å²) in [5.74, 6) is 0.307. The van der Waals surface area contributed by atoms with E-state index in [1.165, 1.54) is 18.5 Å². The van der Waals surface area contributed by atoms with Gasteiger partial charge in [0, 0.05) is 25.3 Å². The van der Waals surface area contributed by atoms with E-state index in [-0.39, 0.29) is 12.5 Å². The van der Waals surface area contributed by atoms with Crippen molar-refractivity contribution >= 4 is 27.3 Å². The highest BCUT2D eigenvalue weighted by molar-refractivity contribution is 7.92. The first-order chi connectivity index (χ1) is 14.9. The van der Waals surface area contributed by atoms with Crippen molar-refractivity contribution < 1.29 is 17.9 Å². The molecule has 1 aliphatic heterocycles. The van der Waals surface area contributed by atoms with E-state index in [1.807, 2.05) is 19.1 Å². The Morgan fingerprint density at radius 2 is 1.71 bits per heavy atom. The lowest BCUT2D eigenvalue weighted by Gasteiger charge is -2.22. The van der Waals surface area contributed by atoms with E-state index in [9.17, 15) is 13.2 Å². The number of nitrogens with zero attached hydrogens (tertiary/aromatic N) is 2. The highest BCUT2D eigenvalue weighted by Crippen LogP contribution is 2.22. The molecule has 168 valence electrons. The number of hydrogen-bond acceptors (Lipinski definition) is 5. The second-order valence-corrected chi connectivity index (χ2v) is 9.66. The third-order valence-corrected chi connectivity index (χ3v) is 6.32. The van der Waals surface area contributed by atoms with Crippen molar-refractivity contribution in [3.8, 4) is 5.75 Å². The van der Waals surface area contributed by atoms with Gasteiger partial charge in [-0.05, 0) is 61.2 Å². The van der Waals surface area contributed by atoms with Crippen LogP contribution < -0.4 is 19.3 Å². The van der Waals surface area contributed by atoms with Crippen LogP contribution in [-0.4, -0.2) is 46.8 Å². The van der Waals surface area contributed by atoms with Crippen LogP contribution in [0.25, 0.3) is 0 Å². The van der Waals surface area contributed by atoms with Gasteiger partial charge in [0.25, 0.3) is 0 Å². The van der Waals surface area contributed by atoms with Gasteiger partial charge >= 0.3 is 0 Å². The van der Waals surface area contributed by atoms with Crippen molar-refractivity contribution in [1.82, 2.24) is 5.32 Å². The average molecular weight is 446 g/mol. The smallest absolute Gasteiger partial charge is 0.241 e. The van der Waals surface area contributed by atoms with E-state index >= 15 is 0 Å². The Bertz CT molecular complexity index is 953. The number of carbonyl (C=O) groups is 1. The Hall–Kier alpha value is -2.74. The van der Waals surface area contributed by atoms with Gasteiger partial charge in [-0.2, -0.15) is 0 Å². The Labute approximate surface area is 185 Å². The van der Waals surface area contributed by atoms with Gasteiger partial charge in [-0.25, -0.2) is 8.42 Å². The molecule has 0 atom stereocenters. The first-order valence-electron chi connectivity index (χ1n) is 10.7. The van der Waals surface area contributed by atoms with E-state index in [0.717, 1.165) is 35.6 Å². The molecular weight excluding hydrogens is 414 g/mol. The maximum absolute atomic E-state index is 12.5. The zero-order valence-corrected chi connectivity index (χ0v) is 19.0. The number of nitrogens with one attached hydrogen (secondary N) is 1. The van der Waals surface area contributed by atoms with Crippen molar-refractivity contribution in [2.75, 3.05) is 41.7 Å². The normalized spacial score (nSPS) is 13.8. The molecule has 0 unspecified atom stereocenters. The predicted octanol–water partition coefficient (Wildman–Crippen LogP) is 3.16. The van der Waals surface area contributed by atoms with Crippen LogP contribution in [0, 0.1) is 0 Å². The highest BCUT2D eigenvalue weighted by atomic mass is 32.2. The molecule has 31 heavy (non-hydrogen) atoms. The molecular formula is C23H31N3O4S. The molecule has 0 radical (unpaired) electrons. The van der Waals surface area contributed by atoms with Crippen LogP contribution in [-0.2, 0) is 21.4 Å². The minimum Gasteiger partial charge on any atom is -0.494 e. The van der Waals surface area contributed by atoms with Crippen molar-refractivity contribution in [3.63, 3.8) is 0 Å². The first kappa shape index (κ1) is 22.9. The monoisotopic (exact) mass is 445 g/mol. The molecule has 8 heteroatoms. The molecule has 1 N–H and O–H groups in total. The van der Waals surface area contributed by atoms with E-state index in [0.29, 0.717) is 24.6 Å². The fraction of sp³-hybridized carbons (Fsp3) is 0.435. The summed E-state index contributed by atoms with van der Waals surface area (Å²) in [7, 11) is -3.61. The minimum absolute atomic E-state index is 0.278. The Morgan fingerprint density at radius 3 is 2.29 bits per heavy atom. The zero-order chi connectivity index (χ0) is 22.3. The molecule has 0 spiro atoms. The number of hydrogen-bond donors (Lipinski definition) is 1. The van der Waals surface area contributed by atoms with E-state index in [1.54, 1.807) is 24.3 Å². The molecule has 1 fully saturated rings. The number of ether oxygens (including phenoxy) is 1. The quantitative estimate of drug-likeness (QED) is 0.608. The molecule has 3 rings (SSSR count). The summed E-state index contributed by atoms with van der Waals surface area (Å²) in [6, 6.07) is 14.9. The van der Waals surface area contributed by atoms with Crippen molar-refractivity contribution in [3.05, 3.63) is 54.1 Å². The molecule has 1 aliphatic rings. The first-order valence-corrected chi connectivity index (χ1v) is 12.5. The number of rotatable bonds is 10. The summed E-state index contributed by atoms with van der Waals surface area (Å²) in [6.07, 6.45) is 4.43. The zero-order valence-electron chi connectivity index (χ0n) is 18.2. The lowest BCUT2D eigenvalue weighted by Crippen LogP contribution is -2.40. The second kappa shape index (κ2) is 10.5. The van der Waals surface area contributed by atoms with Gasteiger partial charge in [0.2, 0.25) is 15.9 Å². The van der Waals surface area contributed by atoms with Crippen molar-refractivity contribution in [2.24, 2.45) is 0 Å². The Kier molecular flexibility index (Phi) is 7.79. The van der Waals surface area contributed by atoms with Crippen LogP contribution >= 0.6 is 0 Å². The van der Waals surface area contributed by atoms with Crippen LogP contribution in [0.3, 0.4) is 0 Å². The van der Waals surface area contributed by atoms with Crippen molar-refractivity contribution in [1.29, 1.82) is 0 Å². The van der Waals surface area contributed by atoms with Gasteiger partial charge in [0.1, 0.15) is 12.3 Å². The standard InChI is InChI=1S/C23H31N3O4S/c1-3-16-30-22-12-10-21(11-13-22)26(31(2,28)29)18-23(27)24-17-19-6-8-20(9-7-19)25-14-4-5-15-25/h6-13H,3-5,14-18H2,1-2H3,(H,24,27). The average Bonchev–Trinajstić information content (AvgIpc) is 3.29. The number of amides is 1. The highest BCUT2D eigenvalue weighted by Gasteiger charge is 2.21. The molecule has 7 nitrogen and oxygen atoms in total. The summed E-state index contributed by atoms with van der Waals surface area (Å²) < 4.78 is 31.2. The summed E-state index contributed by atoms with van der Waals surface area (Å²) in [4.78, 5) is 14.8. The third-order valence-electron chi connectivity index (χ3n) is 5.18. The van der Waals surface area contributed by atoms with Crippen LogP contribution in [0.4, 0.5) is 11.4 Å². The van der Waals surface area contributed by atoms with Gasteiger partial charge < -0.3 is 15.0 Å².